The molecule has 0 bridgehead atoms. The monoisotopic (exact) mass is 255 g/mol. The van der Waals surface area contributed by atoms with Gasteiger partial charge in [0.2, 0.25) is 0 Å². The maximum Gasteiger partial charge on any atom is 0.0125 e. The van der Waals surface area contributed by atoms with Gasteiger partial charge in [-0.3, -0.25) is 4.90 Å². The van der Waals surface area contributed by atoms with Crippen molar-refractivity contribution in [2.24, 2.45) is 17.6 Å². The van der Waals surface area contributed by atoms with Gasteiger partial charge in [0.25, 0.3) is 0 Å². The highest BCUT2D eigenvalue weighted by atomic mass is 15.2. The van der Waals surface area contributed by atoms with Gasteiger partial charge in [-0.25, -0.2) is 0 Å². The number of nitrogens with zero attached hydrogens (tertiary/aromatic N) is 1. The molecule has 1 fully saturated rings. The number of rotatable bonds is 5. The number of nitrogens with two attached hydrogens (primary N) is 1. The van der Waals surface area contributed by atoms with E-state index in [1.807, 2.05) is 0 Å². The molecular weight excluding hydrogens is 222 g/mol. The smallest absolute Gasteiger partial charge is 0.0125 e. The lowest BCUT2D eigenvalue weighted by Gasteiger charge is -2.41. The molecule has 18 heavy (non-hydrogen) atoms. The highest BCUT2D eigenvalue weighted by molar-refractivity contribution is 4.84. The van der Waals surface area contributed by atoms with Crippen LogP contribution in [0.25, 0.3) is 0 Å². The van der Waals surface area contributed by atoms with Crippen LogP contribution in [0.15, 0.2) is 0 Å². The molecule has 1 aliphatic rings. The molecule has 1 heterocycles. The number of hydrogen-bond donors (Lipinski definition) is 2. The maximum absolute atomic E-state index is 5.82. The molecule has 0 saturated carbocycles. The fraction of sp³-hybridized carbons (Fsp3) is 1.00. The van der Waals surface area contributed by atoms with Gasteiger partial charge >= 0.3 is 0 Å². The Hall–Kier alpha value is -0.120. The van der Waals surface area contributed by atoms with Crippen LogP contribution in [0.5, 0.6) is 0 Å². The highest BCUT2D eigenvalue weighted by Gasteiger charge is 2.27. The fourth-order valence-electron chi connectivity index (χ4n) is 2.66. The minimum Gasteiger partial charge on any atom is -0.330 e. The summed E-state index contributed by atoms with van der Waals surface area (Å²) in [5.41, 5.74) is 6.14. The Balaban J connectivity index is 2.27. The molecule has 0 amide bonds. The zero-order valence-electron chi connectivity index (χ0n) is 13.0. The van der Waals surface area contributed by atoms with E-state index in [-0.39, 0.29) is 0 Å². The molecule has 0 spiro atoms. The second-order valence-corrected chi connectivity index (χ2v) is 7.08. The Labute approximate surface area is 113 Å². The van der Waals surface area contributed by atoms with Crippen molar-refractivity contribution in [3.8, 4) is 0 Å². The summed E-state index contributed by atoms with van der Waals surface area (Å²) in [5, 5.41) is 3.72. The summed E-state index contributed by atoms with van der Waals surface area (Å²) in [7, 11) is 0. The zero-order chi connectivity index (χ0) is 13.8. The Bertz CT molecular complexity index is 224. The molecule has 1 saturated heterocycles. The summed E-state index contributed by atoms with van der Waals surface area (Å²) < 4.78 is 0. The molecule has 0 aliphatic carbocycles. The van der Waals surface area contributed by atoms with Gasteiger partial charge in [0.05, 0.1) is 0 Å². The van der Waals surface area contributed by atoms with Crippen LogP contribution in [-0.2, 0) is 0 Å². The number of likely N-dealkylation sites (tertiary alicyclic amines) is 1. The lowest BCUT2D eigenvalue weighted by molar-refractivity contribution is 0.0949. The third kappa shape index (κ3) is 4.87. The molecule has 0 aromatic rings. The standard InChI is InChI=1S/C15H33N3/c1-12(2)13(10-16)11-17-14-6-8-18(9-7-14)15(3,4)5/h12-14,17H,6-11,16H2,1-5H3. The van der Waals surface area contributed by atoms with Crippen molar-refractivity contribution < 1.29 is 0 Å². The Morgan fingerprint density at radius 1 is 1.22 bits per heavy atom. The molecule has 1 unspecified atom stereocenters. The van der Waals surface area contributed by atoms with Gasteiger partial charge in [0.1, 0.15) is 0 Å². The van der Waals surface area contributed by atoms with E-state index in [1.54, 1.807) is 0 Å². The van der Waals surface area contributed by atoms with E-state index in [4.69, 9.17) is 5.73 Å². The second kappa shape index (κ2) is 6.88. The first kappa shape index (κ1) is 15.9. The largest absolute Gasteiger partial charge is 0.330 e. The Kier molecular flexibility index (Phi) is 6.09. The molecular formula is C15H33N3. The first-order valence-electron chi connectivity index (χ1n) is 7.53. The third-order valence-electron chi connectivity index (χ3n) is 4.36. The lowest BCUT2D eigenvalue weighted by Crippen LogP contribution is -2.50. The van der Waals surface area contributed by atoms with Gasteiger partial charge in [-0.15, -0.1) is 0 Å². The second-order valence-electron chi connectivity index (χ2n) is 7.08. The number of hydrogen-bond acceptors (Lipinski definition) is 3. The normalized spacial score (nSPS) is 21.5. The van der Waals surface area contributed by atoms with Crippen molar-refractivity contribution in [3.05, 3.63) is 0 Å². The van der Waals surface area contributed by atoms with E-state index in [1.165, 1.54) is 25.9 Å². The molecule has 3 nitrogen and oxygen atoms in total. The SMILES string of the molecule is CC(C)C(CN)CNC1CCN(C(C)(C)C)CC1. The molecule has 3 N–H and O–H groups in total. The molecule has 0 radical (unpaired) electrons. The fourth-order valence-corrected chi connectivity index (χ4v) is 2.66. The predicted octanol–water partition coefficient (Wildman–Crippen LogP) is 2.07. The average molecular weight is 255 g/mol. The van der Waals surface area contributed by atoms with Gasteiger partial charge in [-0.2, -0.15) is 0 Å². The van der Waals surface area contributed by atoms with E-state index in [9.17, 15) is 0 Å². The Morgan fingerprint density at radius 3 is 2.17 bits per heavy atom. The van der Waals surface area contributed by atoms with E-state index in [0.717, 1.165) is 13.1 Å². The molecule has 108 valence electrons. The van der Waals surface area contributed by atoms with Gasteiger partial charge < -0.3 is 11.1 Å². The molecule has 3 heteroatoms. The highest BCUT2D eigenvalue weighted by Crippen LogP contribution is 2.20. The third-order valence-corrected chi connectivity index (χ3v) is 4.36. The first-order chi connectivity index (χ1) is 8.34. The lowest BCUT2D eigenvalue weighted by atomic mass is 9.94. The van der Waals surface area contributed by atoms with E-state index in [0.29, 0.717) is 23.4 Å². The van der Waals surface area contributed by atoms with E-state index < -0.39 is 0 Å². The molecule has 0 aromatic heterocycles. The van der Waals surface area contributed by atoms with Crippen molar-refractivity contribution in [1.82, 2.24) is 10.2 Å². The van der Waals surface area contributed by atoms with Crippen LogP contribution in [-0.4, -0.2) is 42.7 Å². The molecule has 1 rings (SSSR count). The number of piperidine rings is 1. The van der Waals surface area contributed by atoms with Crippen molar-refractivity contribution >= 4 is 0 Å². The summed E-state index contributed by atoms with van der Waals surface area (Å²) in [6, 6.07) is 0.691. The topological polar surface area (TPSA) is 41.3 Å². The van der Waals surface area contributed by atoms with Crippen molar-refractivity contribution in [3.63, 3.8) is 0 Å². The maximum atomic E-state index is 5.82. The summed E-state index contributed by atoms with van der Waals surface area (Å²) in [5.74, 6) is 1.29. The van der Waals surface area contributed by atoms with Crippen molar-refractivity contribution in [2.75, 3.05) is 26.2 Å². The first-order valence-corrected chi connectivity index (χ1v) is 7.53. The van der Waals surface area contributed by atoms with E-state index >= 15 is 0 Å². The van der Waals surface area contributed by atoms with Crippen LogP contribution in [0.3, 0.4) is 0 Å². The van der Waals surface area contributed by atoms with Gasteiger partial charge in [0, 0.05) is 24.7 Å². The molecule has 0 aromatic carbocycles. The van der Waals surface area contributed by atoms with Crippen LogP contribution in [0.4, 0.5) is 0 Å². The summed E-state index contributed by atoms with van der Waals surface area (Å²) in [4.78, 5) is 2.59. The Morgan fingerprint density at radius 2 is 1.78 bits per heavy atom. The minimum absolute atomic E-state index is 0.322. The van der Waals surface area contributed by atoms with Gasteiger partial charge in [-0.05, 0) is 58.5 Å². The van der Waals surface area contributed by atoms with Crippen LogP contribution in [0.1, 0.15) is 47.5 Å². The minimum atomic E-state index is 0.322. The zero-order valence-corrected chi connectivity index (χ0v) is 13.0. The summed E-state index contributed by atoms with van der Waals surface area (Å²) >= 11 is 0. The van der Waals surface area contributed by atoms with Crippen LogP contribution < -0.4 is 11.1 Å². The van der Waals surface area contributed by atoms with Gasteiger partial charge in [0.15, 0.2) is 0 Å². The van der Waals surface area contributed by atoms with Crippen LogP contribution >= 0.6 is 0 Å². The summed E-state index contributed by atoms with van der Waals surface area (Å²) in [6.45, 7) is 15.8. The van der Waals surface area contributed by atoms with Crippen molar-refractivity contribution in [1.29, 1.82) is 0 Å². The average Bonchev–Trinajstić information content (AvgIpc) is 2.29. The molecule has 1 aliphatic heterocycles. The van der Waals surface area contributed by atoms with Gasteiger partial charge in [-0.1, -0.05) is 13.8 Å². The van der Waals surface area contributed by atoms with Crippen LogP contribution in [0.2, 0.25) is 0 Å². The predicted molar refractivity (Wildman–Crippen MR) is 79.7 cm³/mol. The van der Waals surface area contributed by atoms with E-state index in [2.05, 4.69) is 44.8 Å². The quantitative estimate of drug-likeness (QED) is 0.790. The summed E-state index contributed by atoms with van der Waals surface area (Å²) in [6.07, 6.45) is 2.54. The van der Waals surface area contributed by atoms with Crippen LogP contribution in [0, 0.1) is 11.8 Å². The van der Waals surface area contributed by atoms with Crippen molar-refractivity contribution in [2.45, 2.75) is 59.0 Å². The molecule has 1 atom stereocenters. The number of nitrogens with one attached hydrogen (secondary N) is 1.